The van der Waals surface area contributed by atoms with E-state index in [0.29, 0.717) is 6.54 Å². The van der Waals surface area contributed by atoms with Crippen LogP contribution in [0.15, 0.2) is 24.3 Å². The van der Waals surface area contributed by atoms with Crippen LogP contribution in [0, 0.1) is 6.92 Å². The van der Waals surface area contributed by atoms with Crippen molar-refractivity contribution < 1.29 is 4.79 Å². The number of benzene rings is 1. The Morgan fingerprint density at radius 3 is 2.20 bits per heavy atom. The maximum atomic E-state index is 12.0. The van der Waals surface area contributed by atoms with Crippen LogP contribution in [-0.4, -0.2) is 55.0 Å². The lowest BCUT2D eigenvalue weighted by molar-refractivity contribution is -0.117. The van der Waals surface area contributed by atoms with Gasteiger partial charge in [-0.25, -0.2) is 0 Å². The van der Waals surface area contributed by atoms with Gasteiger partial charge in [-0.3, -0.25) is 9.69 Å². The molecule has 1 aromatic carbocycles. The van der Waals surface area contributed by atoms with Gasteiger partial charge in [-0.15, -0.1) is 12.4 Å². The molecule has 1 amide bonds. The fourth-order valence-electron chi connectivity index (χ4n) is 2.30. The van der Waals surface area contributed by atoms with E-state index in [2.05, 4.69) is 22.0 Å². The Kier molecular flexibility index (Phi) is 6.99. The maximum Gasteiger partial charge on any atom is 0.238 e. The van der Waals surface area contributed by atoms with Gasteiger partial charge in [-0.05, 0) is 25.6 Å². The van der Waals surface area contributed by atoms with Crippen LogP contribution in [0.3, 0.4) is 0 Å². The summed E-state index contributed by atoms with van der Waals surface area (Å²) in [6.45, 7) is 9.90. The zero-order valence-corrected chi connectivity index (χ0v) is 13.1. The van der Waals surface area contributed by atoms with Crippen LogP contribution in [0.5, 0.6) is 0 Å². The molecule has 0 aliphatic carbocycles. The molecule has 1 aromatic rings. The van der Waals surface area contributed by atoms with Crippen molar-refractivity contribution in [1.82, 2.24) is 9.80 Å². The molecule has 5 heteroatoms. The van der Waals surface area contributed by atoms with E-state index >= 15 is 0 Å². The van der Waals surface area contributed by atoms with E-state index in [-0.39, 0.29) is 18.3 Å². The molecule has 4 nitrogen and oxygen atoms in total. The maximum absolute atomic E-state index is 12.0. The first-order valence-electron chi connectivity index (χ1n) is 6.98. The van der Waals surface area contributed by atoms with Crippen molar-refractivity contribution in [2.75, 3.05) is 44.6 Å². The Balaban J connectivity index is 0.00000200. The topological polar surface area (TPSA) is 35.6 Å². The third-order valence-electron chi connectivity index (χ3n) is 3.61. The lowest BCUT2D eigenvalue weighted by Crippen LogP contribution is -2.48. The van der Waals surface area contributed by atoms with Crippen molar-refractivity contribution >= 4 is 24.0 Å². The first-order valence-corrected chi connectivity index (χ1v) is 6.98. The third kappa shape index (κ3) is 5.12. The quantitative estimate of drug-likeness (QED) is 0.923. The molecule has 1 fully saturated rings. The Morgan fingerprint density at radius 2 is 1.65 bits per heavy atom. The number of hydrogen-bond acceptors (Lipinski definition) is 3. The van der Waals surface area contributed by atoms with Crippen molar-refractivity contribution in [3.05, 3.63) is 29.8 Å². The number of rotatable bonds is 4. The van der Waals surface area contributed by atoms with Crippen molar-refractivity contribution in [2.24, 2.45) is 0 Å². The molecule has 1 N–H and O–H groups in total. The molecular formula is C15H24ClN3O. The van der Waals surface area contributed by atoms with Gasteiger partial charge in [0.05, 0.1) is 6.54 Å². The van der Waals surface area contributed by atoms with Crippen molar-refractivity contribution in [1.29, 1.82) is 0 Å². The van der Waals surface area contributed by atoms with Crippen LogP contribution >= 0.6 is 12.4 Å². The van der Waals surface area contributed by atoms with Gasteiger partial charge in [-0.1, -0.05) is 24.6 Å². The van der Waals surface area contributed by atoms with Crippen LogP contribution in [-0.2, 0) is 4.79 Å². The van der Waals surface area contributed by atoms with Crippen molar-refractivity contribution in [3.8, 4) is 0 Å². The summed E-state index contributed by atoms with van der Waals surface area (Å²) in [6.07, 6.45) is 0. The lowest BCUT2D eigenvalue weighted by Gasteiger charge is -2.33. The van der Waals surface area contributed by atoms with E-state index in [1.165, 1.54) is 5.56 Å². The number of anilines is 1. The van der Waals surface area contributed by atoms with Crippen molar-refractivity contribution in [2.45, 2.75) is 13.8 Å². The molecule has 1 aliphatic rings. The van der Waals surface area contributed by atoms with Crippen LogP contribution in [0.2, 0.25) is 0 Å². The fraction of sp³-hybridized carbons (Fsp3) is 0.533. The van der Waals surface area contributed by atoms with Crippen LogP contribution in [0.1, 0.15) is 12.5 Å². The highest BCUT2D eigenvalue weighted by Gasteiger charge is 2.17. The zero-order chi connectivity index (χ0) is 13.7. The minimum Gasteiger partial charge on any atom is -0.325 e. The van der Waals surface area contributed by atoms with Gasteiger partial charge in [-0.2, -0.15) is 0 Å². The predicted octanol–water partition coefficient (Wildman–Crippen LogP) is 1.99. The minimum atomic E-state index is 0. The molecule has 0 spiro atoms. The molecule has 1 saturated heterocycles. The number of nitrogens with one attached hydrogen (secondary N) is 1. The van der Waals surface area contributed by atoms with Gasteiger partial charge in [0.15, 0.2) is 0 Å². The number of hydrogen-bond donors (Lipinski definition) is 1. The smallest absolute Gasteiger partial charge is 0.238 e. The van der Waals surface area contributed by atoms with Crippen molar-refractivity contribution in [3.63, 3.8) is 0 Å². The number of amides is 1. The number of carbonyl (C=O) groups excluding carboxylic acids is 1. The summed E-state index contributed by atoms with van der Waals surface area (Å²) >= 11 is 0. The normalized spacial score (nSPS) is 16.5. The van der Waals surface area contributed by atoms with E-state index in [1.54, 1.807) is 0 Å². The predicted molar refractivity (Wildman–Crippen MR) is 85.6 cm³/mol. The largest absolute Gasteiger partial charge is 0.325 e. The molecule has 0 aromatic heterocycles. The average Bonchev–Trinajstić information content (AvgIpc) is 2.42. The van der Waals surface area contributed by atoms with Crippen LogP contribution < -0.4 is 5.32 Å². The van der Waals surface area contributed by atoms with Gasteiger partial charge in [0.25, 0.3) is 0 Å². The second kappa shape index (κ2) is 8.25. The molecule has 0 saturated carbocycles. The molecule has 0 unspecified atom stereocenters. The average molecular weight is 298 g/mol. The summed E-state index contributed by atoms with van der Waals surface area (Å²) < 4.78 is 0. The van der Waals surface area contributed by atoms with E-state index in [1.807, 2.05) is 31.2 Å². The summed E-state index contributed by atoms with van der Waals surface area (Å²) in [5, 5.41) is 2.95. The summed E-state index contributed by atoms with van der Waals surface area (Å²) in [6, 6.07) is 7.91. The zero-order valence-electron chi connectivity index (χ0n) is 12.3. The number of halogens is 1. The molecule has 1 heterocycles. The Labute approximate surface area is 127 Å². The fourth-order valence-corrected chi connectivity index (χ4v) is 2.30. The first kappa shape index (κ1) is 17.0. The Bertz CT molecular complexity index is 414. The van der Waals surface area contributed by atoms with Gasteiger partial charge in [0.1, 0.15) is 0 Å². The highest BCUT2D eigenvalue weighted by atomic mass is 35.5. The van der Waals surface area contributed by atoms with Gasteiger partial charge >= 0.3 is 0 Å². The number of nitrogens with zero attached hydrogens (tertiary/aromatic N) is 2. The van der Waals surface area contributed by atoms with Gasteiger partial charge in [0.2, 0.25) is 5.91 Å². The molecule has 112 valence electrons. The molecule has 2 rings (SSSR count). The van der Waals surface area contributed by atoms with E-state index in [9.17, 15) is 4.79 Å². The first-order chi connectivity index (χ1) is 9.17. The summed E-state index contributed by atoms with van der Waals surface area (Å²) in [5.41, 5.74) is 2.08. The van der Waals surface area contributed by atoms with Gasteiger partial charge in [0, 0.05) is 31.9 Å². The molecule has 0 bridgehead atoms. The second-order valence-corrected chi connectivity index (χ2v) is 5.12. The highest BCUT2D eigenvalue weighted by Crippen LogP contribution is 2.09. The Hall–Kier alpha value is -1.10. The monoisotopic (exact) mass is 297 g/mol. The third-order valence-corrected chi connectivity index (χ3v) is 3.61. The standard InChI is InChI=1S/C15H23N3O.ClH/c1-3-17-8-10-18(11-9-17)12-15(19)16-14-6-4-13(2)5-7-14;/h4-7H,3,8-12H2,1-2H3,(H,16,19);1H. The van der Waals surface area contributed by atoms with E-state index in [4.69, 9.17) is 0 Å². The number of piperazine rings is 1. The number of carbonyl (C=O) groups is 1. The number of aryl methyl sites for hydroxylation is 1. The van der Waals surface area contributed by atoms with E-state index in [0.717, 1.165) is 38.4 Å². The molecule has 0 radical (unpaired) electrons. The number of likely N-dealkylation sites (N-methyl/N-ethyl adjacent to an activating group) is 1. The van der Waals surface area contributed by atoms with Crippen LogP contribution in [0.4, 0.5) is 5.69 Å². The summed E-state index contributed by atoms with van der Waals surface area (Å²) in [5.74, 6) is 0.0776. The summed E-state index contributed by atoms with van der Waals surface area (Å²) in [7, 11) is 0. The SMILES string of the molecule is CCN1CCN(CC(=O)Nc2ccc(C)cc2)CC1.Cl. The van der Waals surface area contributed by atoms with E-state index < -0.39 is 0 Å². The van der Waals surface area contributed by atoms with Crippen LogP contribution in [0.25, 0.3) is 0 Å². The second-order valence-electron chi connectivity index (χ2n) is 5.12. The molecule has 1 aliphatic heterocycles. The molecule has 0 atom stereocenters. The van der Waals surface area contributed by atoms with Gasteiger partial charge < -0.3 is 10.2 Å². The highest BCUT2D eigenvalue weighted by molar-refractivity contribution is 5.92. The molecular weight excluding hydrogens is 274 g/mol. The Morgan fingerprint density at radius 1 is 1.10 bits per heavy atom. The minimum absolute atomic E-state index is 0. The molecule has 20 heavy (non-hydrogen) atoms. The summed E-state index contributed by atoms with van der Waals surface area (Å²) in [4.78, 5) is 16.6. The lowest BCUT2D eigenvalue weighted by atomic mass is 10.2.